The first kappa shape index (κ1) is 14.1. The maximum atomic E-state index is 9.32. The van der Waals surface area contributed by atoms with Gasteiger partial charge in [0.15, 0.2) is 0 Å². The summed E-state index contributed by atoms with van der Waals surface area (Å²) < 4.78 is 6.17. The van der Waals surface area contributed by atoms with Crippen LogP contribution in [0.2, 0.25) is 18.1 Å². The van der Waals surface area contributed by atoms with Crippen molar-refractivity contribution in [2.45, 2.75) is 45.5 Å². The largest absolute Gasteiger partial charge is 0.543 e. The lowest BCUT2D eigenvalue weighted by Crippen LogP contribution is -2.44. The highest BCUT2D eigenvalue weighted by Crippen LogP contribution is 2.38. The molecule has 0 aliphatic carbocycles. The van der Waals surface area contributed by atoms with Gasteiger partial charge in [-0.1, -0.05) is 20.8 Å². The van der Waals surface area contributed by atoms with Gasteiger partial charge in [-0.15, -0.1) is 0 Å². The highest BCUT2D eigenvalue weighted by molar-refractivity contribution is 6.74. The van der Waals surface area contributed by atoms with Gasteiger partial charge in [0.05, 0.1) is 6.61 Å². The maximum Gasteiger partial charge on any atom is 0.250 e. The van der Waals surface area contributed by atoms with E-state index in [1.165, 1.54) is 0 Å². The summed E-state index contributed by atoms with van der Waals surface area (Å²) in [7, 11) is -1.86. The first-order chi connectivity index (χ1) is 7.67. The molecule has 0 unspecified atom stereocenters. The van der Waals surface area contributed by atoms with E-state index in [0.29, 0.717) is 5.69 Å². The van der Waals surface area contributed by atoms with Gasteiger partial charge < -0.3 is 15.3 Å². The fourth-order valence-corrected chi connectivity index (χ4v) is 2.31. The first-order valence-corrected chi connectivity index (χ1v) is 8.76. The van der Waals surface area contributed by atoms with Crippen molar-refractivity contribution in [2.24, 2.45) is 0 Å². The van der Waals surface area contributed by atoms with Gasteiger partial charge in [0, 0.05) is 11.3 Å². The number of nitrogens with two attached hydrogens (primary N) is 1. The number of hydrogen-bond donors (Lipinski definition) is 2. The molecule has 0 bridgehead atoms. The van der Waals surface area contributed by atoms with Crippen LogP contribution in [0.1, 0.15) is 26.3 Å². The summed E-state index contributed by atoms with van der Waals surface area (Å²) in [5.41, 5.74) is 7.11. The van der Waals surface area contributed by atoms with Crippen molar-refractivity contribution in [1.29, 1.82) is 0 Å². The van der Waals surface area contributed by atoms with E-state index < -0.39 is 8.32 Å². The van der Waals surface area contributed by atoms with Crippen LogP contribution in [-0.4, -0.2) is 13.4 Å². The molecule has 1 aromatic rings. The third-order valence-electron chi connectivity index (χ3n) is 3.43. The smallest absolute Gasteiger partial charge is 0.250 e. The van der Waals surface area contributed by atoms with Gasteiger partial charge in [-0.25, -0.2) is 0 Å². The molecule has 0 fully saturated rings. The molecule has 0 heterocycles. The minimum atomic E-state index is -1.86. The molecular weight excluding hydrogens is 230 g/mol. The van der Waals surface area contributed by atoms with Gasteiger partial charge in [-0.05, 0) is 36.3 Å². The molecule has 17 heavy (non-hydrogen) atoms. The van der Waals surface area contributed by atoms with Gasteiger partial charge in [-0.2, -0.15) is 0 Å². The van der Waals surface area contributed by atoms with Crippen LogP contribution in [0.3, 0.4) is 0 Å². The molecule has 0 saturated heterocycles. The quantitative estimate of drug-likeness (QED) is 0.642. The van der Waals surface area contributed by atoms with E-state index in [1.54, 1.807) is 6.07 Å². The van der Waals surface area contributed by atoms with Gasteiger partial charge in [0.1, 0.15) is 5.75 Å². The van der Waals surface area contributed by atoms with Crippen LogP contribution in [0.5, 0.6) is 5.75 Å². The number of hydrogen-bond acceptors (Lipinski definition) is 3. The SMILES string of the molecule is CC(C)(C)[Si](C)(C)Oc1ccc(N)cc1CO. The fraction of sp³-hybridized carbons (Fsp3) is 0.538. The Balaban J connectivity index is 3.03. The van der Waals surface area contributed by atoms with Crippen molar-refractivity contribution in [3.63, 3.8) is 0 Å². The fourth-order valence-electron chi connectivity index (χ4n) is 1.25. The van der Waals surface area contributed by atoms with Crippen LogP contribution < -0.4 is 10.2 Å². The zero-order valence-electron chi connectivity index (χ0n) is 11.4. The standard InChI is InChI=1S/C13H23NO2Si/c1-13(2,3)17(4,5)16-12-7-6-11(14)8-10(12)9-15/h6-8,15H,9,14H2,1-5H3. The lowest BCUT2D eigenvalue weighted by atomic mass is 10.2. The van der Waals surface area contributed by atoms with E-state index in [1.807, 2.05) is 12.1 Å². The minimum Gasteiger partial charge on any atom is -0.543 e. The monoisotopic (exact) mass is 253 g/mol. The van der Waals surface area contributed by atoms with Crippen molar-refractivity contribution < 1.29 is 9.53 Å². The van der Waals surface area contributed by atoms with E-state index in [2.05, 4.69) is 33.9 Å². The number of anilines is 1. The predicted molar refractivity (Wildman–Crippen MR) is 74.6 cm³/mol. The Kier molecular flexibility index (Phi) is 3.89. The van der Waals surface area contributed by atoms with Crippen molar-refractivity contribution in [3.05, 3.63) is 23.8 Å². The lowest BCUT2D eigenvalue weighted by Gasteiger charge is -2.37. The number of nitrogen functional groups attached to an aromatic ring is 1. The summed E-state index contributed by atoms with van der Waals surface area (Å²) in [5, 5.41) is 9.46. The molecule has 1 rings (SSSR count). The highest BCUT2D eigenvalue weighted by Gasteiger charge is 2.39. The summed E-state index contributed by atoms with van der Waals surface area (Å²) >= 11 is 0. The second-order valence-corrected chi connectivity index (χ2v) is 10.6. The molecule has 0 radical (unpaired) electrons. The number of rotatable bonds is 3. The molecule has 4 heteroatoms. The maximum absolute atomic E-state index is 9.32. The number of aliphatic hydroxyl groups is 1. The van der Waals surface area contributed by atoms with E-state index in [4.69, 9.17) is 10.2 Å². The van der Waals surface area contributed by atoms with Crippen molar-refractivity contribution in [3.8, 4) is 5.75 Å². The Morgan fingerprint density at radius 2 is 1.88 bits per heavy atom. The molecule has 1 aromatic carbocycles. The molecule has 0 spiro atoms. The average Bonchev–Trinajstić information content (AvgIpc) is 2.18. The molecule has 3 N–H and O–H groups in total. The Labute approximate surface area is 105 Å². The van der Waals surface area contributed by atoms with Crippen LogP contribution in [0, 0.1) is 0 Å². The molecule has 96 valence electrons. The molecular formula is C13H23NO2Si. The third kappa shape index (κ3) is 3.23. The Morgan fingerprint density at radius 3 is 2.35 bits per heavy atom. The highest BCUT2D eigenvalue weighted by atomic mass is 28.4. The van der Waals surface area contributed by atoms with Gasteiger partial charge >= 0.3 is 0 Å². The molecule has 0 aliphatic rings. The van der Waals surface area contributed by atoms with Crippen LogP contribution >= 0.6 is 0 Å². The number of benzene rings is 1. The molecule has 3 nitrogen and oxygen atoms in total. The van der Waals surface area contributed by atoms with E-state index in [9.17, 15) is 5.11 Å². The summed E-state index contributed by atoms with van der Waals surface area (Å²) in [4.78, 5) is 0. The first-order valence-electron chi connectivity index (χ1n) is 5.85. The normalized spacial score (nSPS) is 12.6. The summed E-state index contributed by atoms with van der Waals surface area (Å²) in [6.45, 7) is 10.9. The molecule has 0 aromatic heterocycles. The zero-order valence-corrected chi connectivity index (χ0v) is 12.4. The predicted octanol–water partition coefficient (Wildman–Crippen LogP) is 3.15. The second kappa shape index (κ2) is 4.70. The van der Waals surface area contributed by atoms with E-state index in [0.717, 1.165) is 11.3 Å². The van der Waals surface area contributed by atoms with Gasteiger partial charge in [-0.3, -0.25) is 0 Å². The topological polar surface area (TPSA) is 55.5 Å². The molecule has 0 amide bonds. The minimum absolute atomic E-state index is 0.0466. The summed E-state index contributed by atoms with van der Waals surface area (Å²) in [6, 6.07) is 5.42. The Hall–Kier alpha value is -1.00. The third-order valence-corrected chi connectivity index (χ3v) is 7.77. The molecule has 0 aliphatic heterocycles. The summed E-state index contributed by atoms with van der Waals surface area (Å²) in [6.07, 6.45) is 0. The average molecular weight is 253 g/mol. The van der Waals surface area contributed by atoms with Crippen LogP contribution in [-0.2, 0) is 6.61 Å². The molecule has 0 atom stereocenters. The van der Waals surface area contributed by atoms with Crippen LogP contribution in [0.25, 0.3) is 0 Å². The van der Waals surface area contributed by atoms with E-state index in [-0.39, 0.29) is 11.6 Å². The van der Waals surface area contributed by atoms with Gasteiger partial charge in [0.2, 0.25) is 8.32 Å². The Bertz CT molecular complexity index is 397. The number of aliphatic hydroxyl groups excluding tert-OH is 1. The zero-order chi connectivity index (χ0) is 13.3. The van der Waals surface area contributed by atoms with E-state index >= 15 is 0 Å². The lowest BCUT2D eigenvalue weighted by molar-refractivity contribution is 0.277. The summed E-state index contributed by atoms with van der Waals surface area (Å²) in [5.74, 6) is 0.758. The van der Waals surface area contributed by atoms with Crippen molar-refractivity contribution in [1.82, 2.24) is 0 Å². The van der Waals surface area contributed by atoms with Crippen molar-refractivity contribution in [2.75, 3.05) is 5.73 Å². The van der Waals surface area contributed by atoms with Crippen LogP contribution in [0.4, 0.5) is 5.69 Å². The van der Waals surface area contributed by atoms with Gasteiger partial charge in [0.25, 0.3) is 0 Å². The van der Waals surface area contributed by atoms with Crippen molar-refractivity contribution >= 4 is 14.0 Å². The Morgan fingerprint density at radius 1 is 1.29 bits per heavy atom. The second-order valence-electron chi connectivity index (χ2n) is 5.89. The molecule has 0 saturated carbocycles. The van der Waals surface area contributed by atoms with Crippen LogP contribution in [0.15, 0.2) is 18.2 Å².